The summed E-state index contributed by atoms with van der Waals surface area (Å²) in [7, 11) is 0. The fourth-order valence-electron chi connectivity index (χ4n) is 3.01. The predicted octanol–water partition coefficient (Wildman–Crippen LogP) is 2.39. The molecule has 1 aromatic rings. The molecule has 5 heteroatoms. The summed E-state index contributed by atoms with van der Waals surface area (Å²) in [6, 6.07) is 10.3. The van der Waals surface area contributed by atoms with Gasteiger partial charge in [-0.1, -0.05) is 30.3 Å². The van der Waals surface area contributed by atoms with Crippen LogP contribution in [0.5, 0.6) is 0 Å². The number of carbonyl (C=O) groups excluding carboxylic acids is 1. The van der Waals surface area contributed by atoms with Crippen LogP contribution in [0.15, 0.2) is 30.3 Å². The highest BCUT2D eigenvalue weighted by Gasteiger charge is 2.34. The molecule has 2 rings (SSSR count). The number of amides is 1. The van der Waals surface area contributed by atoms with Gasteiger partial charge in [-0.25, -0.2) is 4.79 Å². The standard InChI is InChI=1S/C18H28N2O3/c1-18(2,3)23-17(22)19-16-13-20(12-15(16)9-10-21)11-14-7-5-4-6-8-14/h4-8,15-16,21H,9-13H2,1-3H3,(H,19,22)/t15-,16-/m0/s1. The molecule has 0 bridgehead atoms. The van der Waals surface area contributed by atoms with E-state index in [0.29, 0.717) is 6.42 Å². The Bertz CT molecular complexity index is 499. The number of hydrogen-bond acceptors (Lipinski definition) is 4. The Balaban J connectivity index is 1.93. The maximum Gasteiger partial charge on any atom is 0.407 e. The van der Waals surface area contributed by atoms with Crippen molar-refractivity contribution in [1.29, 1.82) is 0 Å². The van der Waals surface area contributed by atoms with Crippen LogP contribution in [-0.2, 0) is 11.3 Å². The van der Waals surface area contributed by atoms with Crippen molar-refractivity contribution in [2.24, 2.45) is 5.92 Å². The maximum absolute atomic E-state index is 12.0. The van der Waals surface area contributed by atoms with Gasteiger partial charge in [0.2, 0.25) is 0 Å². The normalized spacial score (nSPS) is 22.1. The van der Waals surface area contributed by atoms with Crippen LogP contribution >= 0.6 is 0 Å². The van der Waals surface area contributed by atoms with E-state index >= 15 is 0 Å². The lowest BCUT2D eigenvalue weighted by atomic mass is 10.0. The van der Waals surface area contributed by atoms with Gasteiger partial charge in [-0.05, 0) is 38.7 Å². The molecule has 5 nitrogen and oxygen atoms in total. The molecule has 2 atom stereocenters. The van der Waals surface area contributed by atoms with Crippen LogP contribution in [0, 0.1) is 5.92 Å². The maximum atomic E-state index is 12.0. The van der Waals surface area contributed by atoms with Crippen molar-refractivity contribution in [3.63, 3.8) is 0 Å². The van der Waals surface area contributed by atoms with Gasteiger partial charge in [0.1, 0.15) is 5.60 Å². The third kappa shape index (κ3) is 5.84. The van der Waals surface area contributed by atoms with Gasteiger partial charge in [-0.3, -0.25) is 4.90 Å². The molecule has 0 unspecified atom stereocenters. The molecule has 128 valence electrons. The second kappa shape index (κ2) is 7.79. The van der Waals surface area contributed by atoms with Crippen LogP contribution in [0.3, 0.4) is 0 Å². The molecule has 0 spiro atoms. The summed E-state index contributed by atoms with van der Waals surface area (Å²) < 4.78 is 5.35. The molecule has 1 amide bonds. The minimum Gasteiger partial charge on any atom is -0.444 e. The van der Waals surface area contributed by atoms with E-state index in [2.05, 4.69) is 22.3 Å². The fourth-order valence-corrected chi connectivity index (χ4v) is 3.01. The summed E-state index contributed by atoms with van der Waals surface area (Å²) in [5, 5.41) is 12.3. The largest absolute Gasteiger partial charge is 0.444 e. The first-order valence-electron chi connectivity index (χ1n) is 8.24. The summed E-state index contributed by atoms with van der Waals surface area (Å²) in [5.41, 5.74) is 0.756. The number of benzene rings is 1. The summed E-state index contributed by atoms with van der Waals surface area (Å²) in [6.07, 6.45) is 0.304. The SMILES string of the molecule is CC(C)(C)OC(=O)N[C@H]1CN(Cc2ccccc2)C[C@@H]1CCO. The molecule has 23 heavy (non-hydrogen) atoms. The average Bonchev–Trinajstić information content (AvgIpc) is 2.80. The van der Waals surface area contributed by atoms with E-state index in [1.54, 1.807) is 0 Å². The summed E-state index contributed by atoms with van der Waals surface area (Å²) in [6.45, 7) is 8.21. The number of carbonyl (C=O) groups is 1. The minimum absolute atomic E-state index is 0.0145. The van der Waals surface area contributed by atoms with Gasteiger partial charge in [0.25, 0.3) is 0 Å². The Hall–Kier alpha value is -1.59. The van der Waals surface area contributed by atoms with E-state index in [0.717, 1.165) is 19.6 Å². The van der Waals surface area contributed by atoms with Crippen molar-refractivity contribution in [2.45, 2.75) is 45.4 Å². The number of likely N-dealkylation sites (tertiary alicyclic amines) is 1. The Morgan fingerprint density at radius 1 is 1.30 bits per heavy atom. The van der Waals surface area contributed by atoms with Crippen molar-refractivity contribution in [1.82, 2.24) is 10.2 Å². The monoisotopic (exact) mass is 320 g/mol. The molecule has 1 aliphatic heterocycles. The summed E-state index contributed by atoms with van der Waals surface area (Å²) in [5.74, 6) is 0.247. The van der Waals surface area contributed by atoms with E-state index < -0.39 is 5.60 Å². The zero-order chi connectivity index (χ0) is 16.9. The van der Waals surface area contributed by atoms with Crippen molar-refractivity contribution in [2.75, 3.05) is 19.7 Å². The molecule has 1 saturated heterocycles. The minimum atomic E-state index is -0.501. The van der Waals surface area contributed by atoms with Crippen LogP contribution in [0.1, 0.15) is 32.8 Å². The van der Waals surface area contributed by atoms with Crippen LogP contribution in [0.2, 0.25) is 0 Å². The molecule has 1 heterocycles. The van der Waals surface area contributed by atoms with Crippen LogP contribution < -0.4 is 5.32 Å². The highest BCUT2D eigenvalue weighted by Crippen LogP contribution is 2.22. The topological polar surface area (TPSA) is 61.8 Å². The quantitative estimate of drug-likeness (QED) is 0.874. The van der Waals surface area contributed by atoms with Gasteiger partial charge in [-0.2, -0.15) is 0 Å². The number of ether oxygens (including phenoxy) is 1. The van der Waals surface area contributed by atoms with Gasteiger partial charge >= 0.3 is 6.09 Å². The van der Waals surface area contributed by atoms with E-state index in [1.807, 2.05) is 39.0 Å². The Labute approximate surface area is 138 Å². The van der Waals surface area contributed by atoms with E-state index in [4.69, 9.17) is 4.74 Å². The molecular weight excluding hydrogens is 292 g/mol. The number of nitrogens with zero attached hydrogens (tertiary/aromatic N) is 1. The van der Waals surface area contributed by atoms with Crippen molar-refractivity contribution in [3.8, 4) is 0 Å². The number of rotatable bonds is 5. The molecule has 1 aliphatic rings. The third-order valence-corrected chi connectivity index (χ3v) is 3.97. The van der Waals surface area contributed by atoms with E-state index in [-0.39, 0.29) is 24.7 Å². The van der Waals surface area contributed by atoms with Crippen LogP contribution in [-0.4, -0.2) is 47.4 Å². The smallest absolute Gasteiger partial charge is 0.407 e. The molecule has 2 N–H and O–H groups in total. The molecular formula is C18H28N2O3. The van der Waals surface area contributed by atoms with Gasteiger partial charge in [-0.15, -0.1) is 0 Å². The van der Waals surface area contributed by atoms with Gasteiger partial charge in [0.05, 0.1) is 0 Å². The Kier molecular flexibility index (Phi) is 6.02. The Morgan fingerprint density at radius 2 is 2.00 bits per heavy atom. The molecule has 1 fully saturated rings. The lowest BCUT2D eigenvalue weighted by molar-refractivity contribution is 0.0492. The van der Waals surface area contributed by atoms with Crippen molar-refractivity contribution in [3.05, 3.63) is 35.9 Å². The highest BCUT2D eigenvalue weighted by atomic mass is 16.6. The summed E-state index contributed by atoms with van der Waals surface area (Å²) >= 11 is 0. The number of aliphatic hydroxyl groups is 1. The third-order valence-electron chi connectivity index (χ3n) is 3.97. The average molecular weight is 320 g/mol. The van der Waals surface area contributed by atoms with Crippen LogP contribution in [0.25, 0.3) is 0 Å². The fraction of sp³-hybridized carbons (Fsp3) is 0.611. The second-order valence-electron chi connectivity index (χ2n) is 7.20. The van der Waals surface area contributed by atoms with Gasteiger partial charge in [0, 0.05) is 32.3 Å². The molecule has 0 saturated carbocycles. The van der Waals surface area contributed by atoms with Crippen LogP contribution in [0.4, 0.5) is 4.79 Å². The van der Waals surface area contributed by atoms with Crippen molar-refractivity contribution < 1.29 is 14.6 Å². The first kappa shape index (κ1) is 17.8. The first-order valence-corrected chi connectivity index (χ1v) is 8.24. The molecule has 1 aromatic carbocycles. The molecule has 0 aliphatic carbocycles. The summed E-state index contributed by atoms with van der Waals surface area (Å²) in [4.78, 5) is 14.3. The highest BCUT2D eigenvalue weighted by molar-refractivity contribution is 5.68. The number of aliphatic hydroxyl groups excluding tert-OH is 1. The number of nitrogens with one attached hydrogen (secondary N) is 1. The van der Waals surface area contributed by atoms with Gasteiger partial charge < -0.3 is 15.2 Å². The second-order valence-corrected chi connectivity index (χ2v) is 7.20. The van der Waals surface area contributed by atoms with E-state index in [9.17, 15) is 9.90 Å². The zero-order valence-electron chi connectivity index (χ0n) is 14.3. The zero-order valence-corrected chi connectivity index (χ0v) is 14.3. The van der Waals surface area contributed by atoms with E-state index in [1.165, 1.54) is 5.56 Å². The molecule has 0 radical (unpaired) electrons. The molecule has 0 aromatic heterocycles. The number of alkyl carbamates (subject to hydrolysis) is 1. The predicted molar refractivity (Wildman–Crippen MR) is 90.1 cm³/mol. The lowest BCUT2D eigenvalue weighted by Crippen LogP contribution is -2.43. The van der Waals surface area contributed by atoms with Gasteiger partial charge in [0.15, 0.2) is 0 Å². The van der Waals surface area contributed by atoms with Crippen molar-refractivity contribution >= 4 is 6.09 Å². The first-order chi connectivity index (χ1) is 10.9. The lowest BCUT2D eigenvalue weighted by Gasteiger charge is -2.24. The Morgan fingerprint density at radius 3 is 2.61 bits per heavy atom. The number of hydrogen-bond donors (Lipinski definition) is 2.